The van der Waals surface area contributed by atoms with Crippen molar-refractivity contribution in [3.05, 3.63) is 44.0 Å². The summed E-state index contributed by atoms with van der Waals surface area (Å²) in [6.07, 6.45) is -0.876. The van der Waals surface area contributed by atoms with Crippen LogP contribution in [0.3, 0.4) is 0 Å². The molecule has 2 atom stereocenters. The van der Waals surface area contributed by atoms with Gasteiger partial charge in [0.05, 0.1) is 23.0 Å². The second-order valence-electron chi connectivity index (χ2n) is 5.95. The highest BCUT2D eigenvalue weighted by Gasteiger charge is 2.45. The highest BCUT2D eigenvalue weighted by molar-refractivity contribution is 7.15. The van der Waals surface area contributed by atoms with Crippen molar-refractivity contribution in [3.63, 3.8) is 0 Å². The number of aryl methyl sites for hydroxylation is 1. The van der Waals surface area contributed by atoms with E-state index in [9.17, 15) is 10.0 Å². The van der Waals surface area contributed by atoms with Crippen LogP contribution in [-0.4, -0.2) is 47.6 Å². The molecule has 1 saturated heterocycles. The Morgan fingerprint density at radius 1 is 1.44 bits per heavy atom. The molecule has 1 aliphatic heterocycles. The van der Waals surface area contributed by atoms with E-state index < -0.39 is 16.8 Å². The van der Waals surface area contributed by atoms with Crippen LogP contribution < -0.4 is 4.65 Å². The lowest BCUT2D eigenvalue weighted by molar-refractivity contribution is -0.152. The first kappa shape index (κ1) is 18.5. The van der Waals surface area contributed by atoms with Gasteiger partial charge in [0.15, 0.2) is 0 Å². The van der Waals surface area contributed by atoms with Crippen LogP contribution in [0.2, 0.25) is 10.0 Å². The summed E-state index contributed by atoms with van der Waals surface area (Å²) in [5, 5.41) is 22.8. The number of carbonyl (C=O) groups is 1. The Morgan fingerprint density at radius 2 is 2.20 bits per heavy atom. The van der Waals surface area contributed by atoms with Crippen molar-refractivity contribution in [2.24, 2.45) is 0 Å². The van der Waals surface area contributed by atoms with Crippen molar-refractivity contribution in [1.29, 1.82) is 0 Å². The Labute approximate surface area is 158 Å². The molecule has 2 heterocycles. The predicted octanol–water partition coefficient (Wildman–Crippen LogP) is 2.97. The Kier molecular flexibility index (Phi) is 5.29. The van der Waals surface area contributed by atoms with E-state index in [-0.39, 0.29) is 18.2 Å². The summed E-state index contributed by atoms with van der Waals surface area (Å²) in [5.41, 5.74) is 0.668. The Balaban J connectivity index is 1.73. The average Bonchev–Trinajstić information content (AvgIpc) is 3.08. The fraction of sp³-hybridized carbons (Fsp3) is 0.400. The maximum atomic E-state index is 13.2. The van der Waals surface area contributed by atoms with E-state index in [0.717, 1.165) is 0 Å². The van der Waals surface area contributed by atoms with Crippen molar-refractivity contribution < 1.29 is 9.53 Å². The number of carbonyl (C=O) groups excluding carboxylic acids is 1. The minimum Gasteiger partial charge on any atom is -0.622 e. The Bertz CT molecular complexity index is 803. The molecule has 1 aromatic carbocycles. The van der Waals surface area contributed by atoms with Gasteiger partial charge in [-0.25, -0.2) is 4.90 Å². The standard InChI is InChI=1S/C15H16Cl2N4O3S/c1-9-18-19-15(25-9)21(23)8-20(2)7-13(21)24-14(22)6-10-3-4-11(16)12(17)5-10/h3-5,13H,6-8H2,1-2H3. The monoisotopic (exact) mass is 402 g/mol. The van der Waals surface area contributed by atoms with Crippen LogP contribution in [0.4, 0.5) is 5.13 Å². The van der Waals surface area contributed by atoms with E-state index in [0.29, 0.717) is 27.2 Å². The number of hydrogen-bond acceptors (Lipinski definition) is 7. The third-order valence-electron chi connectivity index (χ3n) is 3.82. The first-order valence-electron chi connectivity index (χ1n) is 7.49. The molecule has 0 spiro atoms. The molecule has 0 saturated carbocycles. The van der Waals surface area contributed by atoms with Gasteiger partial charge in [-0.05, 0) is 43.0 Å². The van der Waals surface area contributed by atoms with Crippen molar-refractivity contribution in [1.82, 2.24) is 19.7 Å². The number of likely N-dealkylation sites (N-methyl/N-ethyl adjacent to an activating group) is 1. The number of halogens is 2. The van der Waals surface area contributed by atoms with Crippen LogP contribution in [0.5, 0.6) is 0 Å². The van der Waals surface area contributed by atoms with Crippen LogP contribution in [0.25, 0.3) is 0 Å². The summed E-state index contributed by atoms with van der Waals surface area (Å²) in [6.45, 7) is 2.26. The van der Waals surface area contributed by atoms with Crippen molar-refractivity contribution in [2.45, 2.75) is 19.6 Å². The van der Waals surface area contributed by atoms with Crippen LogP contribution in [-0.2, 0) is 16.0 Å². The van der Waals surface area contributed by atoms with Gasteiger partial charge in [-0.15, -0.1) is 5.10 Å². The first-order valence-corrected chi connectivity index (χ1v) is 9.06. The second kappa shape index (κ2) is 7.14. The van der Waals surface area contributed by atoms with Gasteiger partial charge in [0.25, 0.3) is 6.23 Å². The van der Waals surface area contributed by atoms with E-state index in [1.54, 1.807) is 37.1 Å². The Hall–Kier alpha value is -1.29. The molecule has 3 rings (SSSR count). The summed E-state index contributed by atoms with van der Waals surface area (Å²) in [7, 11) is 1.80. The fourth-order valence-corrected chi connectivity index (χ4v) is 3.74. The van der Waals surface area contributed by atoms with Gasteiger partial charge in [0.1, 0.15) is 11.7 Å². The van der Waals surface area contributed by atoms with Gasteiger partial charge in [0, 0.05) is 0 Å². The number of hydroxylamine groups is 2. The number of nitrogens with zero attached hydrogens (tertiary/aromatic N) is 4. The van der Waals surface area contributed by atoms with E-state index in [2.05, 4.69) is 10.2 Å². The lowest BCUT2D eigenvalue weighted by atomic mass is 10.1. The lowest BCUT2D eigenvalue weighted by Gasteiger charge is -2.38. The summed E-state index contributed by atoms with van der Waals surface area (Å²) in [4.78, 5) is 14.1. The number of ether oxygens (including phenoxy) is 1. The van der Waals surface area contributed by atoms with Crippen molar-refractivity contribution in [2.75, 3.05) is 20.3 Å². The quantitative estimate of drug-likeness (QED) is 0.444. The molecule has 0 N–H and O–H groups in total. The van der Waals surface area contributed by atoms with Gasteiger partial charge >= 0.3 is 11.1 Å². The van der Waals surface area contributed by atoms with Crippen LogP contribution >= 0.6 is 34.5 Å². The molecule has 2 aromatic rings. The zero-order chi connectivity index (χ0) is 18.2. The Morgan fingerprint density at radius 3 is 2.84 bits per heavy atom. The largest absolute Gasteiger partial charge is 0.622 e. The van der Waals surface area contributed by atoms with Gasteiger partial charge < -0.3 is 9.94 Å². The molecule has 1 aliphatic rings. The third kappa shape index (κ3) is 3.94. The number of esters is 1. The molecule has 10 heteroatoms. The highest BCUT2D eigenvalue weighted by Crippen LogP contribution is 2.33. The first-order chi connectivity index (χ1) is 11.8. The zero-order valence-corrected chi connectivity index (χ0v) is 15.9. The minimum absolute atomic E-state index is 0.00620. The maximum absolute atomic E-state index is 13.2. The summed E-state index contributed by atoms with van der Waals surface area (Å²) in [6, 6.07) is 4.93. The predicted molar refractivity (Wildman–Crippen MR) is 97.4 cm³/mol. The maximum Gasteiger partial charge on any atom is 0.314 e. The SMILES string of the molecule is Cc1nnc([N+]2([O-])CN(C)CC2OC(=O)Cc2ccc(Cl)c(Cl)c2)s1. The van der Waals surface area contributed by atoms with Crippen LogP contribution in [0.15, 0.2) is 18.2 Å². The molecule has 0 bridgehead atoms. The van der Waals surface area contributed by atoms with E-state index in [1.807, 2.05) is 0 Å². The molecule has 0 amide bonds. The van der Waals surface area contributed by atoms with Gasteiger partial charge in [-0.1, -0.05) is 34.4 Å². The molecule has 0 radical (unpaired) electrons. The molecule has 1 aromatic heterocycles. The van der Waals surface area contributed by atoms with Crippen molar-refractivity contribution >= 4 is 45.6 Å². The van der Waals surface area contributed by atoms with Crippen LogP contribution in [0, 0.1) is 12.1 Å². The summed E-state index contributed by atoms with van der Waals surface area (Å²) in [5.74, 6) is -0.502. The molecule has 2 unspecified atom stereocenters. The average molecular weight is 403 g/mol. The van der Waals surface area contributed by atoms with Crippen molar-refractivity contribution in [3.8, 4) is 0 Å². The number of benzene rings is 1. The topological polar surface area (TPSA) is 78.4 Å². The molecule has 1 fully saturated rings. The van der Waals surface area contributed by atoms with E-state index in [4.69, 9.17) is 27.9 Å². The molecular weight excluding hydrogens is 387 g/mol. The fourth-order valence-electron chi connectivity index (χ4n) is 2.66. The van der Waals surface area contributed by atoms with E-state index >= 15 is 0 Å². The van der Waals surface area contributed by atoms with Gasteiger partial charge in [0.2, 0.25) is 0 Å². The number of aromatic nitrogens is 2. The number of quaternary nitrogens is 1. The van der Waals surface area contributed by atoms with Gasteiger partial charge in [-0.3, -0.25) is 9.44 Å². The minimum atomic E-state index is -0.882. The molecular formula is C15H16Cl2N4O3S. The second-order valence-corrected chi connectivity index (χ2v) is 7.92. The van der Waals surface area contributed by atoms with Gasteiger partial charge in [-0.2, -0.15) is 0 Å². The third-order valence-corrected chi connectivity index (χ3v) is 5.51. The molecule has 134 valence electrons. The molecule has 0 aliphatic carbocycles. The number of hydrogen-bond donors (Lipinski definition) is 0. The summed E-state index contributed by atoms with van der Waals surface area (Å²) >= 11 is 13.0. The highest BCUT2D eigenvalue weighted by atomic mass is 35.5. The zero-order valence-electron chi connectivity index (χ0n) is 13.6. The smallest absolute Gasteiger partial charge is 0.314 e. The normalized spacial score (nSPS) is 23.8. The molecule has 7 nitrogen and oxygen atoms in total. The molecule has 25 heavy (non-hydrogen) atoms. The summed E-state index contributed by atoms with van der Waals surface area (Å²) < 4.78 is 4.64. The lowest BCUT2D eigenvalue weighted by Crippen LogP contribution is -2.51. The number of rotatable bonds is 4. The van der Waals surface area contributed by atoms with Crippen LogP contribution in [0.1, 0.15) is 10.6 Å². The van der Waals surface area contributed by atoms with E-state index in [1.165, 1.54) is 11.3 Å².